The number of para-hydroxylation sites is 2. The normalized spacial score (nSPS) is 14.9. The number of ether oxygens (including phenoxy) is 4. The molecule has 7 heteroatoms. The van der Waals surface area contributed by atoms with E-state index < -0.39 is 12.1 Å². The highest BCUT2D eigenvalue weighted by Crippen LogP contribution is 2.33. The van der Waals surface area contributed by atoms with Crippen LogP contribution >= 0.6 is 11.6 Å². The number of nitrogens with zero attached hydrogens (tertiary/aromatic N) is 1. The third-order valence-electron chi connectivity index (χ3n) is 4.76. The van der Waals surface area contributed by atoms with Gasteiger partial charge in [-0.05, 0) is 53.6 Å². The first-order valence-electron chi connectivity index (χ1n) is 9.73. The minimum atomic E-state index is -0.899. The molecule has 1 aliphatic rings. The first-order valence-corrected chi connectivity index (χ1v) is 10.1. The minimum absolute atomic E-state index is 0.0472. The monoisotopic (exact) mass is 447 g/mol. The molecule has 0 radical (unpaired) electrons. The molecule has 0 N–H and O–H groups in total. The lowest BCUT2D eigenvalue weighted by atomic mass is 10.0. The Balaban J connectivity index is 1.52. The number of hydrogen-bond acceptors (Lipinski definition) is 6. The SMILES string of the molecule is COc1cc(/C=C(\C#N)c2ccc(Cl)cc2)ccc1OC(=O)[C@@H]1COc2ccccc2O1. The highest BCUT2D eigenvalue weighted by Gasteiger charge is 2.29. The second-order valence-corrected chi connectivity index (χ2v) is 7.31. The predicted molar refractivity (Wildman–Crippen MR) is 120 cm³/mol. The van der Waals surface area contributed by atoms with E-state index in [1.54, 1.807) is 66.7 Å². The Morgan fingerprint density at radius 1 is 1.09 bits per heavy atom. The zero-order valence-corrected chi connectivity index (χ0v) is 17.8. The van der Waals surface area contributed by atoms with Crippen LogP contribution in [-0.2, 0) is 4.79 Å². The Bertz CT molecular complexity index is 1210. The molecule has 0 amide bonds. The van der Waals surface area contributed by atoms with Crippen molar-refractivity contribution in [3.63, 3.8) is 0 Å². The van der Waals surface area contributed by atoms with Crippen LogP contribution in [0.1, 0.15) is 11.1 Å². The Hall–Kier alpha value is -3.95. The molecule has 0 aromatic heterocycles. The summed E-state index contributed by atoms with van der Waals surface area (Å²) < 4.78 is 22.2. The molecule has 0 unspecified atom stereocenters. The number of fused-ring (bicyclic) bond motifs is 1. The molecule has 1 aliphatic heterocycles. The van der Waals surface area contributed by atoms with E-state index >= 15 is 0 Å². The summed E-state index contributed by atoms with van der Waals surface area (Å²) in [7, 11) is 1.47. The Morgan fingerprint density at radius 3 is 2.56 bits per heavy atom. The number of nitriles is 1. The summed E-state index contributed by atoms with van der Waals surface area (Å²) in [5.41, 5.74) is 1.90. The summed E-state index contributed by atoms with van der Waals surface area (Å²) >= 11 is 5.92. The van der Waals surface area contributed by atoms with E-state index in [-0.39, 0.29) is 12.4 Å². The van der Waals surface area contributed by atoms with Crippen molar-refractivity contribution in [2.45, 2.75) is 6.10 Å². The molecule has 4 rings (SSSR count). The fraction of sp³-hybridized carbons (Fsp3) is 0.120. The number of esters is 1. The Morgan fingerprint density at radius 2 is 1.84 bits per heavy atom. The van der Waals surface area contributed by atoms with Crippen molar-refractivity contribution in [1.29, 1.82) is 5.26 Å². The van der Waals surface area contributed by atoms with Crippen molar-refractivity contribution in [3.8, 4) is 29.1 Å². The van der Waals surface area contributed by atoms with Crippen LogP contribution < -0.4 is 18.9 Å². The number of carbonyl (C=O) groups is 1. The lowest BCUT2D eigenvalue weighted by Gasteiger charge is -2.25. The third kappa shape index (κ3) is 4.69. The largest absolute Gasteiger partial charge is 0.493 e. The molecule has 3 aromatic carbocycles. The van der Waals surface area contributed by atoms with Crippen molar-refractivity contribution in [2.24, 2.45) is 0 Å². The van der Waals surface area contributed by atoms with Gasteiger partial charge in [0.15, 0.2) is 23.0 Å². The summed E-state index contributed by atoms with van der Waals surface area (Å²) in [5, 5.41) is 10.1. The quantitative estimate of drug-likeness (QED) is 0.233. The van der Waals surface area contributed by atoms with Crippen LogP contribution in [0.25, 0.3) is 11.6 Å². The van der Waals surface area contributed by atoms with Gasteiger partial charge >= 0.3 is 5.97 Å². The van der Waals surface area contributed by atoms with E-state index in [2.05, 4.69) is 6.07 Å². The first kappa shape index (κ1) is 21.3. The van der Waals surface area contributed by atoms with Gasteiger partial charge in [-0.15, -0.1) is 0 Å². The number of allylic oxidation sites excluding steroid dienone is 1. The molecule has 0 saturated carbocycles. The van der Waals surface area contributed by atoms with Crippen LogP contribution in [0.3, 0.4) is 0 Å². The highest BCUT2D eigenvalue weighted by molar-refractivity contribution is 6.30. The molecule has 0 fully saturated rings. The predicted octanol–water partition coefficient (Wildman–Crippen LogP) is 5.16. The van der Waals surface area contributed by atoms with E-state index in [4.69, 9.17) is 30.5 Å². The molecule has 1 atom stereocenters. The van der Waals surface area contributed by atoms with Crippen molar-refractivity contribution in [1.82, 2.24) is 0 Å². The highest BCUT2D eigenvalue weighted by atomic mass is 35.5. The second-order valence-electron chi connectivity index (χ2n) is 6.87. The summed E-state index contributed by atoms with van der Waals surface area (Å²) in [4.78, 5) is 12.6. The zero-order valence-electron chi connectivity index (χ0n) is 17.1. The van der Waals surface area contributed by atoms with Gasteiger partial charge in [0, 0.05) is 5.02 Å². The van der Waals surface area contributed by atoms with Gasteiger partial charge in [0.25, 0.3) is 0 Å². The van der Waals surface area contributed by atoms with Crippen LogP contribution in [-0.4, -0.2) is 25.8 Å². The van der Waals surface area contributed by atoms with Crippen molar-refractivity contribution >= 4 is 29.2 Å². The summed E-state index contributed by atoms with van der Waals surface area (Å²) in [6.45, 7) is 0.0472. The van der Waals surface area contributed by atoms with Gasteiger partial charge in [0.2, 0.25) is 6.10 Å². The van der Waals surface area contributed by atoms with E-state index in [0.29, 0.717) is 33.4 Å². The standard InChI is InChI=1S/C25H18ClNO5/c1-29-23-13-16(12-18(14-27)17-7-9-19(26)10-8-17)6-11-22(23)32-25(28)24-15-30-20-4-2-3-5-21(20)31-24/h2-13,24H,15H2,1H3/b18-12+/t24-/m0/s1. The molecule has 0 aliphatic carbocycles. The molecule has 1 heterocycles. The maximum absolute atomic E-state index is 12.6. The Labute approximate surface area is 190 Å². The summed E-state index contributed by atoms with van der Waals surface area (Å²) in [5.74, 6) is 1.05. The number of hydrogen-bond donors (Lipinski definition) is 0. The molecule has 0 spiro atoms. The maximum atomic E-state index is 12.6. The van der Waals surface area contributed by atoms with Crippen LogP contribution in [0.15, 0.2) is 66.7 Å². The molecular formula is C25H18ClNO5. The number of carbonyl (C=O) groups excluding carboxylic acids is 1. The smallest absolute Gasteiger partial charge is 0.356 e. The third-order valence-corrected chi connectivity index (χ3v) is 5.01. The van der Waals surface area contributed by atoms with Crippen LogP contribution in [0, 0.1) is 11.3 Å². The van der Waals surface area contributed by atoms with Crippen LogP contribution in [0.5, 0.6) is 23.0 Å². The van der Waals surface area contributed by atoms with Gasteiger partial charge in [-0.3, -0.25) is 0 Å². The number of halogens is 1. The Kier molecular flexibility index (Phi) is 6.29. The van der Waals surface area contributed by atoms with Crippen LogP contribution in [0.2, 0.25) is 5.02 Å². The lowest BCUT2D eigenvalue weighted by molar-refractivity contribution is -0.144. The van der Waals surface area contributed by atoms with Gasteiger partial charge < -0.3 is 18.9 Å². The molecule has 6 nitrogen and oxygen atoms in total. The lowest BCUT2D eigenvalue weighted by Crippen LogP contribution is -2.39. The summed E-state index contributed by atoms with van der Waals surface area (Å²) in [6, 6.07) is 21.3. The average molecular weight is 448 g/mol. The van der Waals surface area contributed by atoms with E-state index in [1.165, 1.54) is 7.11 Å². The number of methoxy groups -OCH3 is 1. The number of rotatable bonds is 5. The van der Waals surface area contributed by atoms with Gasteiger partial charge in [-0.25, -0.2) is 4.79 Å². The molecular weight excluding hydrogens is 430 g/mol. The molecule has 32 heavy (non-hydrogen) atoms. The fourth-order valence-corrected chi connectivity index (χ4v) is 3.27. The molecule has 0 saturated heterocycles. The van der Waals surface area contributed by atoms with E-state index in [9.17, 15) is 10.1 Å². The van der Waals surface area contributed by atoms with E-state index in [1.807, 2.05) is 6.07 Å². The van der Waals surface area contributed by atoms with Crippen molar-refractivity contribution < 1.29 is 23.7 Å². The van der Waals surface area contributed by atoms with Crippen LogP contribution in [0.4, 0.5) is 0 Å². The topological polar surface area (TPSA) is 77.8 Å². The zero-order chi connectivity index (χ0) is 22.5. The second kappa shape index (κ2) is 9.46. The van der Waals surface area contributed by atoms with Crippen molar-refractivity contribution in [3.05, 3.63) is 82.9 Å². The average Bonchev–Trinajstić information content (AvgIpc) is 2.83. The first-order chi connectivity index (χ1) is 15.6. The van der Waals surface area contributed by atoms with Gasteiger partial charge in [0.1, 0.15) is 6.61 Å². The van der Waals surface area contributed by atoms with E-state index in [0.717, 1.165) is 5.56 Å². The van der Waals surface area contributed by atoms with Gasteiger partial charge in [0.05, 0.1) is 18.8 Å². The maximum Gasteiger partial charge on any atom is 0.356 e. The van der Waals surface area contributed by atoms with Gasteiger partial charge in [-0.1, -0.05) is 41.9 Å². The molecule has 0 bridgehead atoms. The van der Waals surface area contributed by atoms with Gasteiger partial charge in [-0.2, -0.15) is 5.26 Å². The van der Waals surface area contributed by atoms with Crippen molar-refractivity contribution in [2.75, 3.05) is 13.7 Å². The molecule has 160 valence electrons. The number of benzene rings is 3. The molecule has 3 aromatic rings. The minimum Gasteiger partial charge on any atom is -0.493 e. The fourth-order valence-electron chi connectivity index (χ4n) is 3.14. The summed E-state index contributed by atoms with van der Waals surface area (Å²) in [6.07, 6.45) is 0.816.